The number of pyridine rings is 1. The maximum absolute atomic E-state index is 14.5. The third-order valence-electron chi connectivity index (χ3n) is 6.93. The Morgan fingerprint density at radius 3 is 2.79 bits per heavy atom. The molecular weight excluding hydrogens is 441 g/mol. The molecule has 2 fully saturated rings. The van der Waals surface area contributed by atoms with Gasteiger partial charge >= 0.3 is 0 Å². The average Bonchev–Trinajstić information content (AvgIpc) is 2.85. The van der Waals surface area contributed by atoms with Crippen LogP contribution in [0.25, 0.3) is 11.1 Å². The molecule has 0 radical (unpaired) electrons. The topological polar surface area (TPSA) is 63.2 Å². The molecule has 0 bridgehead atoms. The lowest BCUT2D eigenvalue weighted by molar-refractivity contribution is -0.122. The van der Waals surface area contributed by atoms with Crippen molar-refractivity contribution in [1.29, 1.82) is 0 Å². The third-order valence-corrected chi connectivity index (χ3v) is 7.23. The van der Waals surface area contributed by atoms with Crippen molar-refractivity contribution >= 4 is 23.1 Å². The first-order valence-electron chi connectivity index (χ1n) is 12.1. The fourth-order valence-electron chi connectivity index (χ4n) is 4.69. The van der Waals surface area contributed by atoms with Crippen LogP contribution in [0.4, 0.5) is 10.1 Å². The van der Waals surface area contributed by atoms with Crippen molar-refractivity contribution in [2.75, 3.05) is 31.6 Å². The second-order valence-corrected chi connectivity index (χ2v) is 9.62. The molecule has 0 aliphatic carbocycles. The smallest absolute Gasteiger partial charge is 0.146 e. The Labute approximate surface area is 200 Å². The largest absolute Gasteiger partial charge is 0.382 e. The SMILES string of the molecule is CC[C@H]1CC[C@H](C(=O)Cc2cc(-c3ccc(F)c(NCC4CCOCC4)c3)c(Cl)cn2)CN1. The van der Waals surface area contributed by atoms with Gasteiger partial charge < -0.3 is 15.4 Å². The van der Waals surface area contributed by atoms with E-state index in [-0.39, 0.29) is 23.9 Å². The number of ether oxygens (including phenoxy) is 1. The molecule has 7 heteroatoms. The number of rotatable bonds is 8. The van der Waals surface area contributed by atoms with Crippen molar-refractivity contribution in [3.8, 4) is 11.1 Å². The van der Waals surface area contributed by atoms with Gasteiger partial charge in [-0.2, -0.15) is 0 Å². The Morgan fingerprint density at radius 1 is 1.24 bits per heavy atom. The maximum atomic E-state index is 14.5. The predicted octanol–water partition coefficient (Wildman–Crippen LogP) is 5.27. The van der Waals surface area contributed by atoms with Crippen LogP contribution in [0.3, 0.4) is 0 Å². The van der Waals surface area contributed by atoms with Crippen LogP contribution in [0, 0.1) is 17.7 Å². The number of hydrogen-bond acceptors (Lipinski definition) is 5. The van der Waals surface area contributed by atoms with Crippen LogP contribution in [-0.4, -0.2) is 43.1 Å². The Bertz CT molecular complexity index is 957. The lowest BCUT2D eigenvalue weighted by Crippen LogP contribution is -2.41. The normalized spacial score (nSPS) is 21.7. The number of nitrogens with one attached hydrogen (secondary N) is 2. The van der Waals surface area contributed by atoms with Crippen molar-refractivity contribution in [1.82, 2.24) is 10.3 Å². The number of ketones is 1. The Hall–Kier alpha value is -2.02. The van der Waals surface area contributed by atoms with Crippen molar-refractivity contribution in [2.24, 2.45) is 11.8 Å². The van der Waals surface area contributed by atoms with Gasteiger partial charge in [0.15, 0.2) is 0 Å². The quantitative estimate of drug-likeness (QED) is 0.547. The van der Waals surface area contributed by atoms with Crippen LogP contribution in [0.2, 0.25) is 5.02 Å². The number of carbonyl (C=O) groups is 1. The van der Waals surface area contributed by atoms with E-state index in [0.29, 0.717) is 34.9 Å². The number of piperidine rings is 1. The van der Waals surface area contributed by atoms with Crippen LogP contribution in [0.5, 0.6) is 0 Å². The van der Waals surface area contributed by atoms with E-state index in [4.69, 9.17) is 16.3 Å². The van der Waals surface area contributed by atoms with Crippen molar-refractivity contribution < 1.29 is 13.9 Å². The number of anilines is 1. The van der Waals surface area contributed by atoms with Crippen molar-refractivity contribution in [3.05, 3.63) is 47.0 Å². The summed E-state index contributed by atoms with van der Waals surface area (Å²) >= 11 is 6.45. The minimum absolute atomic E-state index is 0.0283. The van der Waals surface area contributed by atoms with Gasteiger partial charge in [0.25, 0.3) is 0 Å². The summed E-state index contributed by atoms with van der Waals surface area (Å²) in [7, 11) is 0. The summed E-state index contributed by atoms with van der Waals surface area (Å²) in [5.41, 5.74) is 2.72. The van der Waals surface area contributed by atoms with E-state index in [2.05, 4.69) is 22.5 Å². The van der Waals surface area contributed by atoms with E-state index >= 15 is 0 Å². The van der Waals surface area contributed by atoms with Crippen molar-refractivity contribution in [3.63, 3.8) is 0 Å². The highest BCUT2D eigenvalue weighted by atomic mass is 35.5. The Kier molecular flexibility index (Phi) is 8.34. The average molecular weight is 474 g/mol. The summed E-state index contributed by atoms with van der Waals surface area (Å²) in [6.07, 6.45) is 6.88. The van der Waals surface area contributed by atoms with Gasteiger partial charge in [0.05, 0.1) is 10.7 Å². The highest BCUT2D eigenvalue weighted by molar-refractivity contribution is 6.33. The van der Waals surface area contributed by atoms with E-state index in [1.54, 1.807) is 18.3 Å². The van der Waals surface area contributed by atoms with Crippen molar-refractivity contribution in [2.45, 2.75) is 51.5 Å². The highest BCUT2D eigenvalue weighted by Crippen LogP contribution is 2.31. The molecule has 0 saturated carbocycles. The summed E-state index contributed by atoms with van der Waals surface area (Å²) in [5.74, 6) is 0.420. The summed E-state index contributed by atoms with van der Waals surface area (Å²) in [4.78, 5) is 17.2. The van der Waals surface area contributed by atoms with Crippen LogP contribution in [-0.2, 0) is 16.0 Å². The second-order valence-electron chi connectivity index (χ2n) is 9.22. The number of nitrogens with zero attached hydrogens (tertiary/aromatic N) is 1. The molecule has 33 heavy (non-hydrogen) atoms. The van der Waals surface area contributed by atoms with Crippen LogP contribution < -0.4 is 10.6 Å². The zero-order chi connectivity index (χ0) is 23.2. The van der Waals surface area contributed by atoms with Gasteiger partial charge in [0.1, 0.15) is 11.6 Å². The van der Waals surface area contributed by atoms with Gasteiger partial charge in [0.2, 0.25) is 0 Å². The van der Waals surface area contributed by atoms with E-state index in [0.717, 1.165) is 63.0 Å². The second kappa shape index (κ2) is 11.4. The van der Waals surface area contributed by atoms with E-state index in [9.17, 15) is 9.18 Å². The number of Topliss-reactive ketones (excluding diaryl/α,β-unsaturated/α-hetero) is 1. The molecule has 0 unspecified atom stereocenters. The first kappa shape index (κ1) is 24.1. The first-order valence-corrected chi connectivity index (χ1v) is 12.4. The van der Waals surface area contributed by atoms with Gasteiger partial charge in [-0.3, -0.25) is 9.78 Å². The molecule has 4 rings (SSSR count). The fourth-order valence-corrected chi connectivity index (χ4v) is 4.91. The van der Waals surface area contributed by atoms with E-state index in [1.165, 1.54) is 6.07 Å². The first-order chi connectivity index (χ1) is 16.0. The molecule has 0 amide bonds. The van der Waals surface area contributed by atoms with E-state index < -0.39 is 0 Å². The van der Waals surface area contributed by atoms with Crippen LogP contribution >= 0.6 is 11.6 Å². The molecular formula is C26H33ClFN3O2. The Balaban J connectivity index is 1.45. The lowest BCUT2D eigenvalue weighted by atomic mass is 9.88. The molecule has 0 spiro atoms. The molecule has 2 N–H and O–H groups in total. The fraction of sp³-hybridized carbons (Fsp3) is 0.538. The van der Waals surface area contributed by atoms with Crippen LogP contribution in [0.15, 0.2) is 30.5 Å². The molecule has 1 aromatic carbocycles. The maximum Gasteiger partial charge on any atom is 0.146 e. The molecule has 2 aliphatic heterocycles. The highest BCUT2D eigenvalue weighted by Gasteiger charge is 2.25. The van der Waals surface area contributed by atoms with Gasteiger partial charge in [-0.1, -0.05) is 24.6 Å². The summed E-state index contributed by atoms with van der Waals surface area (Å²) in [6.45, 7) is 5.14. The number of aromatic nitrogens is 1. The summed E-state index contributed by atoms with van der Waals surface area (Å²) < 4.78 is 19.9. The number of halogens is 2. The number of hydrogen-bond donors (Lipinski definition) is 2. The monoisotopic (exact) mass is 473 g/mol. The summed E-state index contributed by atoms with van der Waals surface area (Å²) in [5, 5.41) is 7.21. The minimum Gasteiger partial charge on any atom is -0.382 e. The van der Waals surface area contributed by atoms with Gasteiger partial charge in [-0.05, 0) is 61.8 Å². The summed E-state index contributed by atoms with van der Waals surface area (Å²) in [6, 6.07) is 7.35. The molecule has 2 aromatic rings. The molecule has 2 aliphatic rings. The minimum atomic E-state index is -0.290. The third kappa shape index (κ3) is 6.31. The number of carbonyl (C=O) groups excluding carboxylic acids is 1. The molecule has 1 aromatic heterocycles. The van der Waals surface area contributed by atoms with Crippen LogP contribution in [0.1, 0.15) is 44.7 Å². The molecule has 5 nitrogen and oxygen atoms in total. The zero-order valence-corrected chi connectivity index (χ0v) is 20.0. The Morgan fingerprint density at radius 2 is 2.06 bits per heavy atom. The zero-order valence-electron chi connectivity index (χ0n) is 19.2. The molecule has 3 heterocycles. The van der Waals surface area contributed by atoms with Gasteiger partial charge in [-0.15, -0.1) is 0 Å². The van der Waals surface area contributed by atoms with Gasteiger partial charge in [-0.25, -0.2) is 4.39 Å². The standard InChI is InChI=1S/C26H33ClFN3O2/c1-2-20-5-3-19(15-29-20)26(32)13-21-12-22(23(27)16-30-21)18-4-6-24(28)25(11-18)31-14-17-7-9-33-10-8-17/h4,6,11-12,16-17,19-20,29,31H,2-3,5,7-10,13-15H2,1H3/t19-,20-/m0/s1. The predicted molar refractivity (Wildman–Crippen MR) is 130 cm³/mol. The molecule has 2 saturated heterocycles. The van der Waals surface area contributed by atoms with Gasteiger partial charge in [0, 0.05) is 62.1 Å². The molecule has 178 valence electrons. The molecule has 2 atom stereocenters. The number of benzene rings is 1. The van der Waals surface area contributed by atoms with E-state index in [1.807, 2.05) is 6.07 Å². The lowest BCUT2D eigenvalue weighted by Gasteiger charge is -2.28.